The maximum atomic E-state index is 5.89. The van der Waals surface area contributed by atoms with Crippen LogP contribution in [-0.2, 0) is 6.54 Å². The highest BCUT2D eigenvalue weighted by Crippen LogP contribution is 2.18. The van der Waals surface area contributed by atoms with E-state index in [0.717, 1.165) is 29.5 Å². The van der Waals surface area contributed by atoms with Gasteiger partial charge in [0.1, 0.15) is 23.8 Å². The minimum Gasteiger partial charge on any atom is -0.489 e. The van der Waals surface area contributed by atoms with Crippen molar-refractivity contribution >= 4 is 5.96 Å². The number of nitrogens with one attached hydrogen (secondary N) is 2. The van der Waals surface area contributed by atoms with Crippen molar-refractivity contribution in [2.45, 2.75) is 26.5 Å². The van der Waals surface area contributed by atoms with E-state index in [4.69, 9.17) is 9.15 Å². The van der Waals surface area contributed by atoms with Gasteiger partial charge in [-0.25, -0.2) is 9.98 Å². The van der Waals surface area contributed by atoms with Gasteiger partial charge in [0.2, 0.25) is 5.89 Å². The van der Waals surface area contributed by atoms with Gasteiger partial charge in [0.25, 0.3) is 0 Å². The zero-order chi connectivity index (χ0) is 19.6. The molecule has 2 aromatic carbocycles. The van der Waals surface area contributed by atoms with Crippen molar-refractivity contribution in [3.05, 3.63) is 72.6 Å². The fourth-order valence-corrected chi connectivity index (χ4v) is 2.61. The first-order chi connectivity index (χ1) is 13.7. The Kier molecular flexibility index (Phi) is 7.07. The molecule has 2 N–H and O–H groups in total. The number of aromatic nitrogens is 1. The minimum absolute atomic E-state index is 0.00277. The monoisotopic (exact) mass is 378 g/mol. The predicted octanol–water partition coefficient (Wildman–Crippen LogP) is 3.86. The van der Waals surface area contributed by atoms with Crippen LogP contribution in [0.1, 0.15) is 19.5 Å². The Hall–Kier alpha value is -3.28. The molecule has 0 saturated heterocycles. The summed E-state index contributed by atoms with van der Waals surface area (Å²) in [4.78, 5) is 9.10. The average molecular weight is 378 g/mol. The maximum Gasteiger partial charge on any atom is 0.226 e. The first-order valence-corrected chi connectivity index (χ1v) is 9.48. The molecule has 6 nitrogen and oxygen atoms in total. The van der Waals surface area contributed by atoms with E-state index in [1.165, 1.54) is 0 Å². The SMILES string of the molecule is CCNC(=NCc1coc(-c2ccccc2)n1)NCC(C)Oc1ccccc1. The van der Waals surface area contributed by atoms with Crippen LogP contribution in [0.2, 0.25) is 0 Å². The molecule has 0 aliphatic rings. The molecule has 0 aliphatic heterocycles. The molecule has 28 heavy (non-hydrogen) atoms. The molecule has 0 fully saturated rings. The number of para-hydroxylation sites is 1. The highest BCUT2D eigenvalue weighted by molar-refractivity contribution is 5.79. The van der Waals surface area contributed by atoms with Gasteiger partial charge in [-0.15, -0.1) is 0 Å². The van der Waals surface area contributed by atoms with E-state index in [2.05, 4.69) is 20.6 Å². The molecule has 0 amide bonds. The molecule has 6 heteroatoms. The second kappa shape index (κ2) is 10.2. The van der Waals surface area contributed by atoms with Crippen LogP contribution in [0.3, 0.4) is 0 Å². The van der Waals surface area contributed by atoms with Gasteiger partial charge in [-0.05, 0) is 38.1 Å². The fourth-order valence-electron chi connectivity index (χ4n) is 2.61. The Bertz CT molecular complexity index is 863. The van der Waals surface area contributed by atoms with Crippen molar-refractivity contribution in [3.8, 4) is 17.2 Å². The van der Waals surface area contributed by atoms with Gasteiger partial charge in [-0.1, -0.05) is 36.4 Å². The highest BCUT2D eigenvalue weighted by atomic mass is 16.5. The Balaban J connectivity index is 1.54. The zero-order valence-corrected chi connectivity index (χ0v) is 16.3. The molecule has 3 aromatic rings. The van der Waals surface area contributed by atoms with Crippen molar-refractivity contribution < 1.29 is 9.15 Å². The first-order valence-electron chi connectivity index (χ1n) is 9.48. The van der Waals surface area contributed by atoms with E-state index < -0.39 is 0 Å². The number of nitrogens with zero attached hydrogens (tertiary/aromatic N) is 2. The molecule has 0 bridgehead atoms. The van der Waals surface area contributed by atoms with Gasteiger partial charge >= 0.3 is 0 Å². The maximum absolute atomic E-state index is 5.89. The molecule has 0 aliphatic carbocycles. The predicted molar refractivity (Wildman–Crippen MR) is 111 cm³/mol. The summed E-state index contributed by atoms with van der Waals surface area (Å²) in [5.41, 5.74) is 1.74. The topological polar surface area (TPSA) is 71.7 Å². The summed E-state index contributed by atoms with van der Waals surface area (Å²) in [6.07, 6.45) is 1.65. The molecule has 0 radical (unpaired) electrons. The number of hydrogen-bond donors (Lipinski definition) is 2. The number of guanidine groups is 1. The van der Waals surface area contributed by atoms with E-state index in [0.29, 0.717) is 19.0 Å². The molecule has 146 valence electrons. The Morgan fingerprint density at radius 3 is 2.50 bits per heavy atom. The molecule has 1 aromatic heterocycles. The smallest absolute Gasteiger partial charge is 0.226 e. The normalized spacial score (nSPS) is 12.4. The lowest BCUT2D eigenvalue weighted by Gasteiger charge is -2.17. The van der Waals surface area contributed by atoms with Crippen LogP contribution in [0.15, 0.2) is 76.3 Å². The minimum atomic E-state index is 0.00277. The second-order valence-corrected chi connectivity index (χ2v) is 6.33. The number of rotatable bonds is 8. The van der Waals surface area contributed by atoms with Crippen molar-refractivity contribution in [3.63, 3.8) is 0 Å². The van der Waals surface area contributed by atoms with Crippen LogP contribution in [-0.4, -0.2) is 30.1 Å². The summed E-state index contributed by atoms with van der Waals surface area (Å²) in [6.45, 7) is 5.89. The van der Waals surface area contributed by atoms with Crippen molar-refractivity contribution in [1.82, 2.24) is 15.6 Å². The van der Waals surface area contributed by atoms with E-state index in [1.807, 2.05) is 74.5 Å². The summed E-state index contributed by atoms with van der Waals surface area (Å²) in [6, 6.07) is 19.6. The van der Waals surface area contributed by atoms with Gasteiger partial charge in [0.15, 0.2) is 5.96 Å². The lowest BCUT2D eigenvalue weighted by Crippen LogP contribution is -2.41. The molecule has 0 spiro atoms. The largest absolute Gasteiger partial charge is 0.489 e. The van der Waals surface area contributed by atoms with Crippen LogP contribution in [0.4, 0.5) is 0 Å². The van der Waals surface area contributed by atoms with Crippen LogP contribution in [0.25, 0.3) is 11.5 Å². The molecular weight excluding hydrogens is 352 g/mol. The summed E-state index contributed by atoms with van der Waals surface area (Å²) in [7, 11) is 0. The summed E-state index contributed by atoms with van der Waals surface area (Å²) < 4.78 is 11.5. The average Bonchev–Trinajstić information content (AvgIpc) is 3.20. The first kappa shape index (κ1) is 19.5. The molecular formula is C22H26N4O2. The third-order valence-electron chi connectivity index (χ3n) is 3.95. The lowest BCUT2D eigenvalue weighted by atomic mass is 10.2. The number of aliphatic imine (C=N–C) groups is 1. The van der Waals surface area contributed by atoms with Crippen LogP contribution in [0.5, 0.6) is 5.75 Å². The van der Waals surface area contributed by atoms with Crippen LogP contribution in [0, 0.1) is 0 Å². The van der Waals surface area contributed by atoms with Crippen molar-refractivity contribution in [2.75, 3.05) is 13.1 Å². The molecule has 1 atom stereocenters. The zero-order valence-electron chi connectivity index (χ0n) is 16.3. The highest BCUT2D eigenvalue weighted by Gasteiger charge is 2.08. The number of oxazole rings is 1. The molecule has 1 unspecified atom stereocenters. The Morgan fingerprint density at radius 1 is 1.07 bits per heavy atom. The lowest BCUT2D eigenvalue weighted by molar-refractivity contribution is 0.224. The summed E-state index contributed by atoms with van der Waals surface area (Å²) in [5, 5.41) is 6.54. The Labute approximate surface area is 165 Å². The van der Waals surface area contributed by atoms with Crippen LogP contribution < -0.4 is 15.4 Å². The number of hydrogen-bond acceptors (Lipinski definition) is 4. The molecule has 1 heterocycles. The number of benzene rings is 2. The third kappa shape index (κ3) is 5.87. The van der Waals surface area contributed by atoms with Crippen LogP contribution >= 0.6 is 0 Å². The van der Waals surface area contributed by atoms with Gasteiger partial charge < -0.3 is 19.8 Å². The standard InChI is InChI=1S/C22H26N4O2/c1-3-23-22(24-14-17(2)28-20-12-8-5-9-13-20)25-15-19-16-27-21(26-19)18-10-6-4-7-11-18/h4-13,16-17H,3,14-15H2,1-2H3,(H2,23,24,25). The molecule has 3 rings (SSSR count). The second-order valence-electron chi connectivity index (χ2n) is 6.33. The van der Waals surface area contributed by atoms with Gasteiger partial charge in [-0.3, -0.25) is 0 Å². The Morgan fingerprint density at radius 2 is 1.79 bits per heavy atom. The van der Waals surface area contributed by atoms with E-state index in [1.54, 1.807) is 6.26 Å². The quantitative estimate of drug-likeness (QED) is 0.460. The number of ether oxygens (including phenoxy) is 1. The van der Waals surface area contributed by atoms with Gasteiger partial charge in [0, 0.05) is 12.1 Å². The van der Waals surface area contributed by atoms with E-state index in [-0.39, 0.29) is 6.10 Å². The molecule has 0 saturated carbocycles. The van der Waals surface area contributed by atoms with Crippen molar-refractivity contribution in [2.24, 2.45) is 4.99 Å². The third-order valence-corrected chi connectivity index (χ3v) is 3.95. The van der Waals surface area contributed by atoms with E-state index in [9.17, 15) is 0 Å². The van der Waals surface area contributed by atoms with Gasteiger partial charge in [0.05, 0.1) is 13.1 Å². The van der Waals surface area contributed by atoms with Crippen molar-refractivity contribution in [1.29, 1.82) is 0 Å². The summed E-state index contributed by atoms with van der Waals surface area (Å²) >= 11 is 0. The van der Waals surface area contributed by atoms with Gasteiger partial charge in [-0.2, -0.15) is 0 Å². The van der Waals surface area contributed by atoms with E-state index >= 15 is 0 Å². The summed E-state index contributed by atoms with van der Waals surface area (Å²) in [5.74, 6) is 2.18. The fraction of sp³-hybridized carbons (Fsp3) is 0.273.